The number of alkyl halides is 2. The molecule has 0 saturated heterocycles. The van der Waals surface area contributed by atoms with Gasteiger partial charge in [-0.25, -0.2) is 0 Å². The van der Waals surface area contributed by atoms with Gasteiger partial charge in [0.2, 0.25) is 0 Å². The van der Waals surface area contributed by atoms with Crippen molar-refractivity contribution < 1.29 is 13.5 Å². The summed E-state index contributed by atoms with van der Waals surface area (Å²) >= 11 is 5.11. The van der Waals surface area contributed by atoms with Gasteiger partial charge in [-0.2, -0.15) is 8.78 Å². The van der Waals surface area contributed by atoms with Crippen molar-refractivity contribution in [1.29, 1.82) is 0 Å². The lowest BCUT2D eigenvalue weighted by Gasteiger charge is -2.14. The summed E-state index contributed by atoms with van der Waals surface area (Å²) in [6.07, 6.45) is 0. The van der Waals surface area contributed by atoms with E-state index in [-0.39, 0.29) is 11.8 Å². The van der Waals surface area contributed by atoms with Gasteiger partial charge in [-0.15, -0.1) is 11.3 Å². The lowest BCUT2D eigenvalue weighted by molar-refractivity contribution is -0.0498. The molecule has 0 fully saturated rings. The van der Waals surface area contributed by atoms with Crippen LogP contribution in [0.2, 0.25) is 0 Å². The van der Waals surface area contributed by atoms with Gasteiger partial charge in [0.05, 0.1) is 3.79 Å². The van der Waals surface area contributed by atoms with E-state index in [2.05, 4.69) is 32.0 Å². The zero-order valence-corrected chi connectivity index (χ0v) is 13.2. The van der Waals surface area contributed by atoms with Crippen LogP contribution in [0.4, 0.5) is 8.78 Å². The molecule has 1 unspecified atom stereocenters. The van der Waals surface area contributed by atoms with Crippen molar-refractivity contribution >= 4 is 27.3 Å². The second-order valence-electron chi connectivity index (χ2n) is 4.26. The Morgan fingerprint density at radius 2 is 1.90 bits per heavy atom. The van der Waals surface area contributed by atoms with Gasteiger partial charge in [-0.1, -0.05) is 12.1 Å². The molecule has 0 radical (unpaired) electrons. The monoisotopic (exact) mass is 361 g/mol. The van der Waals surface area contributed by atoms with E-state index in [1.165, 1.54) is 4.88 Å². The zero-order chi connectivity index (χ0) is 14.5. The first kappa shape index (κ1) is 15.4. The van der Waals surface area contributed by atoms with Gasteiger partial charge < -0.3 is 10.1 Å². The van der Waals surface area contributed by atoms with Crippen LogP contribution in [-0.2, 0) is 6.54 Å². The molecule has 0 aliphatic heterocycles. The Hall–Kier alpha value is -0.980. The van der Waals surface area contributed by atoms with Gasteiger partial charge in [0.15, 0.2) is 0 Å². The fourth-order valence-corrected chi connectivity index (χ4v) is 3.19. The van der Waals surface area contributed by atoms with Gasteiger partial charge in [-0.3, -0.25) is 0 Å². The molecule has 1 N–H and O–H groups in total. The minimum Gasteiger partial charge on any atom is -0.435 e. The summed E-state index contributed by atoms with van der Waals surface area (Å²) in [7, 11) is 0. The van der Waals surface area contributed by atoms with Crippen LogP contribution in [0.5, 0.6) is 5.75 Å². The highest BCUT2D eigenvalue weighted by Gasteiger charge is 2.08. The molecule has 1 heterocycles. The maximum atomic E-state index is 12.1. The van der Waals surface area contributed by atoms with Crippen molar-refractivity contribution in [2.45, 2.75) is 26.1 Å². The molecule has 1 atom stereocenters. The van der Waals surface area contributed by atoms with E-state index in [0.717, 1.165) is 15.9 Å². The number of nitrogens with one attached hydrogen (secondary N) is 1. The Balaban J connectivity index is 1.90. The highest BCUT2D eigenvalue weighted by Crippen LogP contribution is 2.23. The van der Waals surface area contributed by atoms with E-state index in [1.807, 2.05) is 13.0 Å². The van der Waals surface area contributed by atoms with E-state index in [4.69, 9.17) is 0 Å². The molecule has 2 aromatic rings. The Kier molecular flexibility index (Phi) is 5.51. The van der Waals surface area contributed by atoms with Crippen LogP contribution in [0.15, 0.2) is 40.2 Å². The van der Waals surface area contributed by atoms with Crippen molar-refractivity contribution in [3.05, 3.63) is 50.6 Å². The molecule has 0 aliphatic carbocycles. The molecule has 1 aromatic heterocycles. The molecule has 0 bridgehead atoms. The zero-order valence-electron chi connectivity index (χ0n) is 10.8. The van der Waals surface area contributed by atoms with Gasteiger partial charge in [-0.05, 0) is 52.7 Å². The van der Waals surface area contributed by atoms with E-state index >= 15 is 0 Å². The van der Waals surface area contributed by atoms with Crippen molar-refractivity contribution in [3.63, 3.8) is 0 Å². The quantitative estimate of drug-likeness (QED) is 0.784. The number of benzene rings is 1. The first-order chi connectivity index (χ1) is 9.54. The molecule has 0 amide bonds. The Morgan fingerprint density at radius 1 is 1.20 bits per heavy atom. The van der Waals surface area contributed by atoms with Gasteiger partial charge in [0.25, 0.3) is 0 Å². The number of rotatable bonds is 6. The largest absolute Gasteiger partial charge is 0.435 e. The van der Waals surface area contributed by atoms with Crippen LogP contribution < -0.4 is 10.1 Å². The van der Waals surface area contributed by atoms with E-state index in [1.54, 1.807) is 35.6 Å². The maximum Gasteiger partial charge on any atom is 0.387 e. The molecule has 0 spiro atoms. The molecule has 0 saturated carbocycles. The predicted molar refractivity (Wildman–Crippen MR) is 80.3 cm³/mol. The lowest BCUT2D eigenvalue weighted by Crippen LogP contribution is -2.17. The second-order valence-corrected chi connectivity index (χ2v) is 6.80. The van der Waals surface area contributed by atoms with Crippen LogP contribution in [0.25, 0.3) is 0 Å². The Bertz CT molecular complexity index is 544. The van der Waals surface area contributed by atoms with Gasteiger partial charge in [0, 0.05) is 17.5 Å². The van der Waals surface area contributed by atoms with E-state index in [9.17, 15) is 8.78 Å². The molecule has 108 valence electrons. The number of thiophene rings is 1. The van der Waals surface area contributed by atoms with Crippen LogP contribution in [-0.4, -0.2) is 6.61 Å². The number of hydrogen-bond acceptors (Lipinski definition) is 3. The molecule has 0 aliphatic rings. The van der Waals surface area contributed by atoms with Crippen LogP contribution in [0.1, 0.15) is 23.4 Å². The van der Waals surface area contributed by atoms with Gasteiger partial charge >= 0.3 is 6.61 Å². The fourth-order valence-electron chi connectivity index (χ4n) is 1.76. The maximum absolute atomic E-state index is 12.1. The van der Waals surface area contributed by atoms with Crippen molar-refractivity contribution in [2.24, 2.45) is 0 Å². The fraction of sp³-hybridized carbons (Fsp3) is 0.286. The van der Waals surface area contributed by atoms with Crippen LogP contribution >= 0.6 is 27.3 Å². The summed E-state index contributed by atoms with van der Waals surface area (Å²) < 4.78 is 29.5. The third-order valence-electron chi connectivity index (χ3n) is 2.82. The number of hydrogen-bond donors (Lipinski definition) is 1. The van der Waals surface area contributed by atoms with Crippen molar-refractivity contribution in [1.82, 2.24) is 5.32 Å². The highest BCUT2D eigenvalue weighted by molar-refractivity contribution is 9.11. The number of ether oxygens (including phenoxy) is 1. The third-order valence-corrected chi connectivity index (χ3v) is 4.44. The SMILES string of the molecule is CC(NCc1ccc(Br)s1)c1ccc(OC(F)F)cc1. The Labute approximate surface area is 128 Å². The predicted octanol–water partition coefficient (Wildman–Crippen LogP) is 4.96. The lowest BCUT2D eigenvalue weighted by atomic mass is 10.1. The molecule has 2 nitrogen and oxygen atoms in total. The smallest absolute Gasteiger partial charge is 0.387 e. The standard InChI is InChI=1S/C14H14BrF2NOS/c1-9(18-8-12-6-7-13(15)20-12)10-2-4-11(5-3-10)19-14(16)17/h2-7,9,14,18H,8H2,1H3. The van der Waals surface area contributed by atoms with E-state index < -0.39 is 6.61 Å². The average Bonchev–Trinajstić information content (AvgIpc) is 2.82. The minimum absolute atomic E-state index is 0.136. The van der Waals surface area contributed by atoms with Crippen LogP contribution in [0, 0.1) is 0 Å². The summed E-state index contributed by atoms with van der Waals surface area (Å²) in [5.74, 6) is 0.179. The number of halogens is 3. The topological polar surface area (TPSA) is 21.3 Å². The van der Waals surface area contributed by atoms with E-state index in [0.29, 0.717) is 0 Å². The second kappa shape index (κ2) is 7.15. The summed E-state index contributed by atoms with van der Waals surface area (Å²) in [6, 6.07) is 10.9. The molecule has 6 heteroatoms. The summed E-state index contributed by atoms with van der Waals surface area (Å²) in [6.45, 7) is 0.0203. The first-order valence-electron chi connectivity index (χ1n) is 6.07. The summed E-state index contributed by atoms with van der Waals surface area (Å²) in [5, 5.41) is 3.39. The highest BCUT2D eigenvalue weighted by atomic mass is 79.9. The molecule has 2 rings (SSSR count). The molecule has 20 heavy (non-hydrogen) atoms. The van der Waals surface area contributed by atoms with Crippen molar-refractivity contribution in [2.75, 3.05) is 0 Å². The summed E-state index contributed by atoms with van der Waals surface area (Å²) in [5.41, 5.74) is 1.03. The third kappa shape index (κ3) is 4.54. The van der Waals surface area contributed by atoms with Gasteiger partial charge in [0.1, 0.15) is 5.75 Å². The normalized spacial score (nSPS) is 12.7. The van der Waals surface area contributed by atoms with Crippen molar-refractivity contribution in [3.8, 4) is 5.75 Å². The molecular weight excluding hydrogens is 348 g/mol. The molecule has 1 aromatic carbocycles. The van der Waals surface area contributed by atoms with Crippen LogP contribution in [0.3, 0.4) is 0 Å². The average molecular weight is 362 g/mol. The first-order valence-corrected chi connectivity index (χ1v) is 7.68. The Morgan fingerprint density at radius 3 is 2.45 bits per heavy atom. The minimum atomic E-state index is -2.78. The molecular formula is C14H14BrF2NOS. The summed E-state index contributed by atoms with van der Waals surface area (Å²) in [4.78, 5) is 1.24.